The van der Waals surface area contributed by atoms with Crippen LogP contribution < -0.4 is 10.9 Å². The zero-order valence-electron chi connectivity index (χ0n) is 15.9. The normalized spacial score (nSPS) is 16.6. The summed E-state index contributed by atoms with van der Waals surface area (Å²) in [6.45, 7) is 7.99. The molecule has 8 heteroatoms. The lowest BCUT2D eigenvalue weighted by atomic mass is 10.0. The van der Waals surface area contributed by atoms with Crippen LogP contribution in [0.4, 0.5) is 0 Å². The van der Waals surface area contributed by atoms with Crippen LogP contribution in [0.2, 0.25) is 0 Å². The zero-order chi connectivity index (χ0) is 19.2. The van der Waals surface area contributed by atoms with Crippen LogP contribution in [0.3, 0.4) is 0 Å². The van der Waals surface area contributed by atoms with Gasteiger partial charge in [-0.3, -0.25) is 14.5 Å². The molecule has 1 atom stereocenters. The largest absolute Gasteiger partial charge is 0.379 e. The van der Waals surface area contributed by atoms with E-state index in [-0.39, 0.29) is 24.1 Å². The standard InChI is InChI=1S/C19H27N5O3/c1-14(2)11-15(23-7-9-27-10-8-23)12-20-18(25)13-24-19(26)16-5-3-4-6-17(16)21-22-24/h3-6,14-15H,7-13H2,1-2H3,(H,20,25). The van der Waals surface area contributed by atoms with Gasteiger partial charge in [-0.05, 0) is 24.5 Å². The molecule has 2 heterocycles. The topological polar surface area (TPSA) is 89.3 Å². The smallest absolute Gasteiger partial charge is 0.278 e. The summed E-state index contributed by atoms with van der Waals surface area (Å²) < 4.78 is 6.54. The maximum absolute atomic E-state index is 12.5. The van der Waals surface area contributed by atoms with Gasteiger partial charge in [0, 0.05) is 25.7 Å². The summed E-state index contributed by atoms with van der Waals surface area (Å²) in [5.41, 5.74) is 0.228. The Morgan fingerprint density at radius 3 is 2.74 bits per heavy atom. The van der Waals surface area contributed by atoms with Gasteiger partial charge in [-0.25, -0.2) is 4.68 Å². The van der Waals surface area contributed by atoms with E-state index in [0.717, 1.165) is 37.4 Å². The highest BCUT2D eigenvalue weighted by Gasteiger charge is 2.22. The molecule has 1 aromatic heterocycles. The monoisotopic (exact) mass is 373 g/mol. The first-order valence-corrected chi connectivity index (χ1v) is 9.45. The van der Waals surface area contributed by atoms with Gasteiger partial charge in [-0.15, -0.1) is 5.10 Å². The lowest BCUT2D eigenvalue weighted by Crippen LogP contribution is -2.49. The Hall–Kier alpha value is -2.32. The Balaban J connectivity index is 1.62. The number of morpholine rings is 1. The summed E-state index contributed by atoms with van der Waals surface area (Å²) >= 11 is 0. The molecule has 3 rings (SSSR count). The van der Waals surface area contributed by atoms with E-state index < -0.39 is 0 Å². The highest BCUT2D eigenvalue weighted by atomic mass is 16.5. The number of rotatable bonds is 7. The van der Waals surface area contributed by atoms with Crippen molar-refractivity contribution in [1.82, 2.24) is 25.2 Å². The number of benzene rings is 1. The molecule has 1 aliphatic rings. The molecule has 8 nitrogen and oxygen atoms in total. The molecule has 1 fully saturated rings. The van der Waals surface area contributed by atoms with Gasteiger partial charge >= 0.3 is 0 Å². The second kappa shape index (κ2) is 9.05. The second-order valence-corrected chi connectivity index (χ2v) is 7.31. The first kappa shape index (κ1) is 19.4. The van der Waals surface area contributed by atoms with Crippen LogP contribution in [-0.2, 0) is 16.1 Å². The highest BCUT2D eigenvalue weighted by molar-refractivity contribution is 5.78. The number of amides is 1. The van der Waals surface area contributed by atoms with Gasteiger partial charge in [-0.1, -0.05) is 31.2 Å². The summed E-state index contributed by atoms with van der Waals surface area (Å²) in [5, 5.41) is 11.3. The van der Waals surface area contributed by atoms with Gasteiger partial charge in [0.25, 0.3) is 5.56 Å². The molecule has 0 aliphatic carbocycles. The van der Waals surface area contributed by atoms with Gasteiger partial charge in [0.05, 0.1) is 18.6 Å². The summed E-state index contributed by atoms with van der Waals surface area (Å²) in [6.07, 6.45) is 0.996. The van der Waals surface area contributed by atoms with E-state index in [4.69, 9.17) is 4.74 Å². The van der Waals surface area contributed by atoms with Crippen molar-refractivity contribution in [3.63, 3.8) is 0 Å². The molecule has 1 aromatic carbocycles. The number of ether oxygens (including phenoxy) is 1. The molecule has 1 aliphatic heterocycles. The fourth-order valence-corrected chi connectivity index (χ4v) is 3.40. The predicted octanol–water partition coefficient (Wildman–Crippen LogP) is 0.655. The van der Waals surface area contributed by atoms with E-state index in [0.29, 0.717) is 23.4 Å². The Morgan fingerprint density at radius 1 is 1.26 bits per heavy atom. The van der Waals surface area contributed by atoms with Crippen molar-refractivity contribution < 1.29 is 9.53 Å². The zero-order valence-corrected chi connectivity index (χ0v) is 15.9. The minimum atomic E-state index is -0.303. The molecule has 0 saturated carbocycles. The average molecular weight is 373 g/mol. The van der Waals surface area contributed by atoms with Crippen molar-refractivity contribution in [2.24, 2.45) is 5.92 Å². The molecule has 0 radical (unpaired) electrons. The molecular weight excluding hydrogens is 346 g/mol. The van der Waals surface area contributed by atoms with Crippen LogP contribution in [0.15, 0.2) is 29.1 Å². The van der Waals surface area contributed by atoms with Crippen LogP contribution in [0.1, 0.15) is 20.3 Å². The minimum absolute atomic E-state index is 0.131. The van der Waals surface area contributed by atoms with Crippen molar-refractivity contribution in [1.29, 1.82) is 0 Å². The fraction of sp³-hybridized carbons (Fsp3) is 0.579. The third-order valence-electron chi connectivity index (χ3n) is 4.76. The van der Waals surface area contributed by atoms with Crippen LogP contribution in [0.25, 0.3) is 10.9 Å². The number of fused-ring (bicyclic) bond motifs is 1. The molecule has 2 aromatic rings. The van der Waals surface area contributed by atoms with Crippen molar-refractivity contribution in [2.75, 3.05) is 32.8 Å². The maximum Gasteiger partial charge on any atom is 0.278 e. The lowest BCUT2D eigenvalue weighted by molar-refractivity contribution is -0.122. The third kappa shape index (κ3) is 5.11. The fourth-order valence-electron chi connectivity index (χ4n) is 3.40. The molecule has 0 spiro atoms. The Morgan fingerprint density at radius 2 is 2.00 bits per heavy atom. The summed E-state index contributed by atoms with van der Waals surface area (Å²) in [4.78, 5) is 27.2. The van der Waals surface area contributed by atoms with Gasteiger partial charge < -0.3 is 10.1 Å². The Labute approximate surface area is 158 Å². The van der Waals surface area contributed by atoms with Crippen LogP contribution >= 0.6 is 0 Å². The van der Waals surface area contributed by atoms with Crippen molar-refractivity contribution >= 4 is 16.8 Å². The molecule has 0 bridgehead atoms. The Kier molecular flexibility index (Phi) is 6.52. The summed E-state index contributed by atoms with van der Waals surface area (Å²) in [6, 6.07) is 7.25. The van der Waals surface area contributed by atoms with Gasteiger partial charge in [0.15, 0.2) is 0 Å². The highest BCUT2D eigenvalue weighted by Crippen LogP contribution is 2.13. The number of aromatic nitrogens is 3. The quantitative estimate of drug-likeness (QED) is 0.767. The number of carbonyl (C=O) groups excluding carboxylic acids is 1. The predicted molar refractivity (Wildman–Crippen MR) is 102 cm³/mol. The van der Waals surface area contributed by atoms with E-state index >= 15 is 0 Å². The number of nitrogens with zero attached hydrogens (tertiary/aromatic N) is 4. The molecule has 1 saturated heterocycles. The van der Waals surface area contributed by atoms with Gasteiger partial charge in [0.1, 0.15) is 12.1 Å². The van der Waals surface area contributed by atoms with E-state index in [1.54, 1.807) is 24.3 Å². The molecule has 1 amide bonds. The molecule has 1 N–H and O–H groups in total. The van der Waals surface area contributed by atoms with Crippen molar-refractivity contribution in [3.05, 3.63) is 34.6 Å². The van der Waals surface area contributed by atoms with Crippen LogP contribution in [-0.4, -0.2) is 64.7 Å². The minimum Gasteiger partial charge on any atom is -0.379 e. The van der Waals surface area contributed by atoms with E-state index in [9.17, 15) is 9.59 Å². The second-order valence-electron chi connectivity index (χ2n) is 7.31. The maximum atomic E-state index is 12.5. The molecular formula is C19H27N5O3. The summed E-state index contributed by atoms with van der Waals surface area (Å²) in [5.74, 6) is 0.299. The number of carbonyl (C=O) groups is 1. The average Bonchev–Trinajstić information content (AvgIpc) is 2.68. The van der Waals surface area contributed by atoms with Crippen molar-refractivity contribution in [3.8, 4) is 0 Å². The number of hydrogen-bond donors (Lipinski definition) is 1. The van der Waals surface area contributed by atoms with Crippen LogP contribution in [0.5, 0.6) is 0 Å². The lowest BCUT2D eigenvalue weighted by Gasteiger charge is -2.35. The molecule has 1 unspecified atom stereocenters. The van der Waals surface area contributed by atoms with E-state index in [2.05, 4.69) is 34.4 Å². The van der Waals surface area contributed by atoms with E-state index in [1.807, 2.05) is 0 Å². The molecule has 27 heavy (non-hydrogen) atoms. The molecule has 146 valence electrons. The first-order chi connectivity index (χ1) is 13.0. The van der Waals surface area contributed by atoms with Gasteiger partial charge in [0.2, 0.25) is 5.91 Å². The number of nitrogens with one attached hydrogen (secondary N) is 1. The van der Waals surface area contributed by atoms with Crippen LogP contribution in [0, 0.1) is 5.92 Å². The SMILES string of the molecule is CC(C)CC(CNC(=O)Cn1nnc2ccccc2c1=O)N1CCOCC1. The van der Waals surface area contributed by atoms with Gasteiger partial charge in [-0.2, -0.15) is 0 Å². The first-order valence-electron chi connectivity index (χ1n) is 9.45. The summed E-state index contributed by atoms with van der Waals surface area (Å²) in [7, 11) is 0. The Bertz CT molecular complexity index is 829. The van der Waals surface area contributed by atoms with Crippen molar-refractivity contribution in [2.45, 2.75) is 32.9 Å². The van der Waals surface area contributed by atoms with E-state index in [1.165, 1.54) is 0 Å². The number of hydrogen-bond acceptors (Lipinski definition) is 6. The third-order valence-corrected chi connectivity index (χ3v) is 4.76.